The molecule has 0 heterocycles. The molecule has 0 radical (unpaired) electrons. The number of carbonyl (C=O) groups is 1. The first-order valence-corrected chi connectivity index (χ1v) is 14.8. The van der Waals surface area contributed by atoms with Crippen LogP contribution in [0.5, 0.6) is 0 Å². The van der Waals surface area contributed by atoms with Gasteiger partial charge < -0.3 is 10.1 Å². The van der Waals surface area contributed by atoms with Gasteiger partial charge in [-0.15, -0.1) is 0 Å². The molecule has 0 aliphatic heterocycles. The van der Waals surface area contributed by atoms with Gasteiger partial charge in [0.2, 0.25) is 0 Å². The lowest BCUT2D eigenvalue weighted by molar-refractivity contribution is 0.146. The van der Waals surface area contributed by atoms with Crippen LogP contribution >= 0.6 is 11.1 Å². The monoisotopic (exact) mass is 391 g/mol. The number of halogens is 1. The van der Waals surface area contributed by atoms with Crippen LogP contribution in [0, 0.1) is 0 Å². The lowest BCUT2D eigenvalue weighted by Gasteiger charge is -2.12. The quantitative estimate of drug-likeness (QED) is 0.161. The van der Waals surface area contributed by atoms with E-state index in [9.17, 15) is 4.79 Å². The molecule has 0 spiro atoms. The van der Waals surface area contributed by atoms with Gasteiger partial charge in [0.15, 0.2) is 7.38 Å². The Morgan fingerprint density at radius 1 is 0.840 bits per heavy atom. The molecule has 0 atom stereocenters. The molecule has 0 bridgehead atoms. The van der Waals surface area contributed by atoms with E-state index in [0.717, 1.165) is 25.4 Å². The summed E-state index contributed by atoms with van der Waals surface area (Å²) in [7, 11) is -1.53. The van der Waals surface area contributed by atoms with Gasteiger partial charge in [0.1, 0.15) is 0 Å². The third-order valence-corrected chi connectivity index (χ3v) is 6.56. The molecule has 0 aromatic carbocycles. The molecule has 0 aromatic heterocycles. The van der Waals surface area contributed by atoms with E-state index in [2.05, 4.69) is 25.3 Å². The van der Waals surface area contributed by atoms with Gasteiger partial charge in [-0.25, -0.2) is 4.79 Å². The summed E-state index contributed by atoms with van der Waals surface area (Å²) in [6.07, 6.45) is 16.6. The number of alkyl carbamates (subject to hydrolysis) is 1. The van der Waals surface area contributed by atoms with E-state index in [1.54, 1.807) is 0 Å². The molecule has 1 N–H and O–H groups in total. The van der Waals surface area contributed by atoms with Crippen LogP contribution in [0.2, 0.25) is 19.1 Å². The lowest BCUT2D eigenvalue weighted by Crippen LogP contribution is -2.26. The first kappa shape index (κ1) is 24.8. The molecule has 0 saturated heterocycles. The smallest absolute Gasteiger partial charge is 0.407 e. The third-order valence-electron chi connectivity index (χ3n) is 4.45. The van der Waals surface area contributed by atoms with Gasteiger partial charge in [-0.2, -0.15) is 11.1 Å². The van der Waals surface area contributed by atoms with E-state index < -0.39 is 7.38 Å². The highest BCUT2D eigenvalue weighted by Crippen LogP contribution is 2.16. The van der Waals surface area contributed by atoms with Crippen molar-refractivity contribution in [2.24, 2.45) is 0 Å². The van der Waals surface area contributed by atoms with Gasteiger partial charge in [0.25, 0.3) is 0 Å². The molecule has 0 aliphatic rings. The van der Waals surface area contributed by atoms with Crippen molar-refractivity contribution in [3.8, 4) is 0 Å². The fourth-order valence-electron chi connectivity index (χ4n) is 2.86. The summed E-state index contributed by atoms with van der Waals surface area (Å²) in [5.74, 6) is 0. The fourth-order valence-corrected chi connectivity index (χ4v) is 4.25. The SMILES string of the molecule is CCCCCCCCCCCCCCNC(=O)OCCC[Si](C)(C)Cl. The maximum atomic E-state index is 11.5. The first-order valence-electron chi connectivity index (χ1n) is 10.6. The maximum absolute atomic E-state index is 11.5. The van der Waals surface area contributed by atoms with Crippen molar-refractivity contribution < 1.29 is 9.53 Å². The highest BCUT2D eigenvalue weighted by molar-refractivity contribution is 7.19. The van der Waals surface area contributed by atoms with Gasteiger partial charge in [-0.1, -0.05) is 90.6 Å². The number of hydrogen-bond acceptors (Lipinski definition) is 2. The summed E-state index contributed by atoms with van der Waals surface area (Å²) in [4.78, 5) is 11.5. The molecule has 3 nitrogen and oxygen atoms in total. The molecule has 0 rings (SSSR count). The molecule has 0 aliphatic carbocycles. The van der Waals surface area contributed by atoms with Crippen molar-refractivity contribution in [2.75, 3.05) is 13.2 Å². The second-order valence-corrected chi connectivity index (χ2v) is 14.8. The van der Waals surface area contributed by atoms with Crippen LogP contribution in [0.15, 0.2) is 0 Å². The van der Waals surface area contributed by atoms with Crippen molar-refractivity contribution in [3.05, 3.63) is 0 Å². The lowest BCUT2D eigenvalue weighted by atomic mass is 10.1. The van der Waals surface area contributed by atoms with Crippen molar-refractivity contribution >= 4 is 24.6 Å². The number of rotatable bonds is 17. The van der Waals surface area contributed by atoms with Crippen molar-refractivity contribution in [1.29, 1.82) is 0 Å². The van der Waals surface area contributed by atoms with Crippen LogP contribution in [-0.4, -0.2) is 26.6 Å². The summed E-state index contributed by atoms with van der Waals surface area (Å²) in [6.45, 7) is 7.70. The van der Waals surface area contributed by atoms with Crippen LogP contribution in [-0.2, 0) is 4.74 Å². The van der Waals surface area contributed by atoms with Crippen LogP contribution in [0.4, 0.5) is 4.79 Å². The zero-order chi connectivity index (χ0) is 18.8. The van der Waals surface area contributed by atoms with E-state index in [-0.39, 0.29) is 6.09 Å². The normalized spacial score (nSPS) is 11.5. The Hall–Kier alpha value is -0.223. The number of amides is 1. The second-order valence-electron chi connectivity index (χ2n) is 7.77. The molecule has 1 amide bonds. The summed E-state index contributed by atoms with van der Waals surface area (Å²) >= 11 is 6.23. The standard InChI is InChI=1S/C20H42ClNO2Si/c1-4-5-6-7-8-9-10-11-12-13-14-15-17-22-20(23)24-18-16-19-25(2,3)21/h4-19H2,1-3H3,(H,22,23). The summed E-state index contributed by atoms with van der Waals surface area (Å²) in [5, 5.41) is 2.83. The second kappa shape index (κ2) is 17.2. The van der Waals surface area contributed by atoms with E-state index in [1.165, 1.54) is 70.6 Å². The van der Waals surface area contributed by atoms with Crippen molar-refractivity contribution in [3.63, 3.8) is 0 Å². The fraction of sp³-hybridized carbons (Fsp3) is 0.950. The van der Waals surface area contributed by atoms with Gasteiger partial charge in [0, 0.05) is 6.54 Å². The zero-order valence-electron chi connectivity index (χ0n) is 17.0. The molecule has 150 valence electrons. The minimum absolute atomic E-state index is 0.280. The Labute approximate surface area is 162 Å². The van der Waals surface area contributed by atoms with Gasteiger partial charge >= 0.3 is 6.09 Å². The van der Waals surface area contributed by atoms with E-state index in [0.29, 0.717) is 6.61 Å². The Kier molecular flexibility index (Phi) is 17.1. The number of ether oxygens (including phenoxy) is 1. The number of unbranched alkanes of at least 4 members (excludes halogenated alkanes) is 11. The zero-order valence-corrected chi connectivity index (χ0v) is 18.8. The molecule has 0 saturated carbocycles. The average molecular weight is 392 g/mol. The first-order chi connectivity index (χ1) is 12.0. The van der Waals surface area contributed by atoms with Gasteiger partial charge in [-0.3, -0.25) is 0 Å². The van der Waals surface area contributed by atoms with Crippen molar-refractivity contribution in [1.82, 2.24) is 5.32 Å². The minimum atomic E-state index is -1.53. The van der Waals surface area contributed by atoms with E-state index in [4.69, 9.17) is 15.8 Å². The minimum Gasteiger partial charge on any atom is -0.450 e. The summed E-state index contributed by atoms with van der Waals surface area (Å²) < 4.78 is 5.16. The van der Waals surface area contributed by atoms with Crippen molar-refractivity contribution in [2.45, 2.75) is 110 Å². The number of carbonyl (C=O) groups excluding carboxylic acids is 1. The summed E-state index contributed by atoms with van der Waals surface area (Å²) in [6, 6.07) is 0.987. The largest absolute Gasteiger partial charge is 0.450 e. The predicted molar refractivity (Wildman–Crippen MR) is 113 cm³/mol. The molecule has 0 unspecified atom stereocenters. The van der Waals surface area contributed by atoms with Crippen LogP contribution < -0.4 is 5.32 Å². The molecule has 5 heteroatoms. The molecule has 25 heavy (non-hydrogen) atoms. The van der Waals surface area contributed by atoms with Gasteiger partial charge in [0.05, 0.1) is 6.61 Å². The average Bonchev–Trinajstić information content (AvgIpc) is 2.55. The number of hydrogen-bond donors (Lipinski definition) is 1. The van der Waals surface area contributed by atoms with Crippen LogP contribution in [0.3, 0.4) is 0 Å². The Balaban J connectivity index is 3.18. The number of nitrogens with one attached hydrogen (secondary N) is 1. The molecule has 0 aromatic rings. The molecular weight excluding hydrogens is 350 g/mol. The van der Waals surface area contributed by atoms with Crippen LogP contribution in [0.1, 0.15) is 90.4 Å². The third kappa shape index (κ3) is 21.7. The van der Waals surface area contributed by atoms with Gasteiger partial charge in [-0.05, 0) is 18.9 Å². The molecule has 0 fully saturated rings. The summed E-state index contributed by atoms with van der Waals surface area (Å²) in [5.41, 5.74) is 0. The highest BCUT2D eigenvalue weighted by atomic mass is 35.6. The van der Waals surface area contributed by atoms with E-state index in [1.807, 2.05) is 0 Å². The topological polar surface area (TPSA) is 38.3 Å². The van der Waals surface area contributed by atoms with E-state index >= 15 is 0 Å². The maximum Gasteiger partial charge on any atom is 0.407 e. The van der Waals surface area contributed by atoms with Crippen LogP contribution in [0.25, 0.3) is 0 Å². The highest BCUT2D eigenvalue weighted by Gasteiger charge is 2.16. The predicted octanol–water partition coefficient (Wildman–Crippen LogP) is 7.25. The Morgan fingerprint density at radius 3 is 1.80 bits per heavy atom. The Morgan fingerprint density at radius 2 is 1.32 bits per heavy atom. The Bertz CT molecular complexity index is 309. The molecular formula is C20H42ClNO2Si.